The van der Waals surface area contributed by atoms with Crippen molar-refractivity contribution in [3.05, 3.63) is 57.9 Å². The van der Waals surface area contributed by atoms with Crippen molar-refractivity contribution < 1.29 is 17.5 Å². The quantitative estimate of drug-likeness (QED) is 0.489. The maximum absolute atomic E-state index is 15.1. The summed E-state index contributed by atoms with van der Waals surface area (Å²) in [7, 11) is -1.65. The van der Waals surface area contributed by atoms with Gasteiger partial charge in [-0.25, -0.2) is 17.4 Å². The van der Waals surface area contributed by atoms with E-state index in [1.54, 1.807) is 26.1 Å². The lowest BCUT2D eigenvalue weighted by Crippen LogP contribution is -2.56. The molecule has 7 nitrogen and oxygen atoms in total. The van der Waals surface area contributed by atoms with Gasteiger partial charge in [0.2, 0.25) is 0 Å². The highest BCUT2D eigenvalue weighted by Crippen LogP contribution is 2.41. The van der Waals surface area contributed by atoms with Crippen molar-refractivity contribution in [1.29, 1.82) is 0 Å². The molecule has 11 heteroatoms. The lowest BCUT2D eigenvalue weighted by molar-refractivity contribution is 0.326. The minimum absolute atomic E-state index is 0.0319. The Hall–Kier alpha value is -2.66. The Morgan fingerprint density at radius 1 is 1.29 bits per heavy atom. The van der Waals surface area contributed by atoms with Crippen LogP contribution in [-0.4, -0.2) is 44.4 Å². The number of nitrogens with zero attached hydrogens (tertiary/aromatic N) is 4. The van der Waals surface area contributed by atoms with Gasteiger partial charge >= 0.3 is 0 Å². The number of aromatic nitrogens is 2. The third kappa shape index (κ3) is 3.84. The maximum atomic E-state index is 15.1. The number of aryl methyl sites for hydroxylation is 1. The van der Waals surface area contributed by atoms with Gasteiger partial charge in [0.15, 0.2) is 5.76 Å². The van der Waals surface area contributed by atoms with Crippen molar-refractivity contribution in [2.24, 2.45) is 15.1 Å². The van der Waals surface area contributed by atoms with Crippen molar-refractivity contribution >= 4 is 31.5 Å². The fourth-order valence-electron chi connectivity index (χ4n) is 4.00. The van der Waals surface area contributed by atoms with Crippen molar-refractivity contribution in [1.82, 2.24) is 10.1 Å². The highest BCUT2D eigenvalue weighted by Gasteiger charge is 2.50. The van der Waals surface area contributed by atoms with Gasteiger partial charge in [-0.15, -0.1) is 0 Å². The number of hydrogen-bond donors (Lipinski definition) is 1. The topological polar surface area (TPSA) is 107 Å². The lowest BCUT2D eigenvalue weighted by Gasteiger charge is -2.41. The molecule has 34 heavy (non-hydrogen) atoms. The van der Waals surface area contributed by atoms with E-state index in [2.05, 4.69) is 35.4 Å². The third-order valence-corrected chi connectivity index (χ3v) is 9.95. The van der Waals surface area contributed by atoms with E-state index in [0.29, 0.717) is 22.7 Å². The molecular formula is C23H24BrF2N5O2S. The Bertz CT molecular complexity index is 1430. The fourth-order valence-corrected chi connectivity index (χ4v) is 6.71. The Morgan fingerprint density at radius 2 is 2.03 bits per heavy atom. The van der Waals surface area contributed by atoms with Crippen LogP contribution in [0.3, 0.4) is 0 Å². The van der Waals surface area contributed by atoms with Gasteiger partial charge in [-0.1, -0.05) is 5.16 Å². The molecule has 2 atom stereocenters. The molecule has 0 amide bonds. The normalized spacial score (nSPS) is 24.0. The van der Waals surface area contributed by atoms with Crippen LogP contribution in [-0.2, 0) is 15.3 Å². The summed E-state index contributed by atoms with van der Waals surface area (Å²) >= 11 is 3.38. The number of benzene rings is 1. The average molecular weight is 552 g/mol. The Morgan fingerprint density at radius 3 is 2.68 bits per heavy atom. The molecule has 0 radical (unpaired) electrons. The van der Waals surface area contributed by atoms with Gasteiger partial charge in [-0.05, 0) is 66.5 Å². The molecule has 0 saturated heterocycles. The minimum Gasteiger partial charge on any atom is -0.386 e. The summed E-state index contributed by atoms with van der Waals surface area (Å²) in [4.78, 5) is 8.73. The van der Waals surface area contributed by atoms with Crippen LogP contribution in [0.2, 0.25) is 0 Å². The van der Waals surface area contributed by atoms with Gasteiger partial charge in [-0.3, -0.25) is 9.98 Å². The van der Waals surface area contributed by atoms with E-state index < -0.39 is 32.5 Å². The first-order chi connectivity index (χ1) is 16.0. The molecule has 180 valence electrons. The van der Waals surface area contributed by atoms with E-state index in [1.165, 1.54) is 25.2 Å². The predicted octanol–water partition coefficient (Wildman–Crippen LogP) is 5.03. The van der Waals surface area contributed by atoms with Crippen molar-refractivity contribution in [3.8, 4) is 22.7 Å². The van der Waals surface area contributed by atoms with E-state index >= 15 is 4.39 Å². The highest BCUT2D eigenvalue weighted by atomic mass is 79.9. The maximum Gasteiger partial charge on any atom is 0.167 e. The number of nitrogens with two attached hydrogens (primary N) is 1. The molecule has 3 aromatic rings. The second kappa shape index (κ2) is 8.53. The largest absolute Gasteiger partial charge is 0.386 e. The summed E-state index contributed by atoms with van der Waals surface area (Å²) in [6, 6.07) is 7.71. The first-order valence-electron chi connectivity index (χ1n) is 10.4. The third-order valence-electron chi connectivity index (χ3n) is 6.25. The summed E-state index contributed by atoms with van der Waals surface area (Å²) in [5.74, 6) is -0.690. The lowest BCUT2D eigenvalue weighted by atomic mass is 9.90. The van der Waals surface area contributed by atoms with Crippen LogP contribution in [0.15, 0.2) is 54.9 Å². The standard InChI is InChI=1S/C23H24BrF2N5O2S/c1-13-7-15(24)10-29-20(13)18-9-19(33-31-18)14-5-6-17(26)16(8-14)23(11-25)12-34(32,28-4)22(2,3)21(27)30-23/h5-10H,11-12H2,1-4H3,(H2,27,30)/t23-,34+/m0/s1. The summed E-state index contributed by atoms with van der Waals surface area (Å²) in [5, 5.41) is 4.09. The second-order valence-electron chi connectivity index (χ2n) is 8.73. The number of aliphatic imine (C=N–C) groups is 1. The number of hydrogen-bond acceptors (Lipinski definition) is 7. The number of halogens is 3. The van der Waals surface area contributed by atoms with E-state index in [-0.39, 0.29) is 17.2 Å². The first kappa shape index (κ1) is 24.5. The summed E-state index contributed by atoms with van der Waals surface area (Å²) in [6.45, 7) is 4.08. The molecule has 1 aromatic carbocycles. The van der Waals surface area contributed by atoms with Crippen LogP contribution < -0.4 is 5.73 Å². The fraction of sp³-hybridized carbons (Fsp3) is 0.348. The highest BCUT2D eigenvalue weighted by molar-refractivity contribution is 9.10. The Kier molecular flexibility index (Phi) is 6.14. The number of amidine groups is 1. The summed E-state index contributed by atoms with van der Waals surface area (Å²) < 4.78 is 52.6. The average Bonchev–Trinajstić information content (AvgIpc) is 3.27. The number of rotatable bonds is 4. The molecule has 4 rings (SSSR count). The molecule has 2 N–H and O–H groups in total. The molecule has 0 aliphatic carbocycles. The molecule has 2 aromatic heterocycles. The molecule has 3 heterocycles. The summed E-state index contributed by atoms with van der Waals surface area (Å²) in [6.07, 6.45) is 1.65. The van der Waals surface area contributed by atoms with Crippen LogP contribution in [0, 0.1) is 12.7 Å². The predicted molar refractivity (Wildman–Crippen MR) is 132 cm³/mol. The van der Waals surface area contributed by atoms with Crippen LogP contribution in [0.5, 0.6) is 0 Å². The molecular weight excluding hydrogens is 528 g/mol. The van der Waals surface area contributed by atoms with Crippen molar-refractivity contribution in [2.45, 2.75) is 31.1 Å². The van der Waals surface area contributed by atoms with Gasteiger partial charge in [-0.2, -0.15) is 0 Å². The smallest absolute Gasteiger partial charge is 0.167 e. The molecule has 0 fully saturated rings. The first-order valence-corrected chi connectivity index (χ1v) is 12.9. The van der Waals surface area contributed by atoms with Gasteiger partial charge in [0.25, 0.3) is 0 Å². The zero-order valence-corrected chi connectivity index (χ0v) is 21.5. The van der Waals surface area contributed by atoms with Crippen LogP contribution in [0.25, 0.3) is 22.7 Å². The monoisotopic (exact) mass is 551 g/mol. The molecule has 0 spiro atoms. The molecule has 0 saturated carbocycles. The molecule has 0 bridgehead atoms. The summed E-state index contributed by atoms with van der Waals surface area (Å²) in [5.41, 5.74) is 6.76. The SMILES string of the molecule is CN=[S@@]1(=O)C[C@@](CF)(c2cc(-c3cc(-c4ncc(Br)cc4C)no3)ccc2F)N=C(N)C1(C)C. The van der Waals surface area contributed by atoms with E-state index in [4.69, 9.17) is 10.3 Å². The number of pyridine rings is 1. The second-order valence-corrected chi connectivity index (χ2v) is 12.6. The van der Waals surface area contributed by atoms with Gasteiger partial charge in [0.05, 0.1) is 21.2 Å². The van der Waals surface area contributed by atoms with E-state index in [1.807, 2.05) is 13.0 Å². The molecule has 1 aliphatic rings. The zero-order valence-electron chi connectivity index (χ0n) is 19.1. The zero-order chi connectivity index (χ0) is 24.9. The van der Waals surface area contributed by atoms with Gasteiger partial charge in [0.1, 0.15) is 34.3 Å². The van der Waals surface area contributed by atoms with Crippen LogP contribution in [0.4, 0.5) is 8.78 Å². The molecule has 1 aliphatic heterocycles. The van der Waals surface area contributed by atoms with Crippen molar-refractivity contribution in [2.75, 3.05) is 19.5 Å². The van der Waals surface area contributed by atoms with E-state index in [9.17, 15) is 8.60 Å². The van der Waals surface area contributed by atoms with E-state index in [0.717, 1.165) is 10.0 Å². The van der Waals surface area contributed by atoms with Gasteiger partial charge < -0.3 is 10.3 Å². The van der Waals surface area contributed by atoms with Crippen LogP contribution >= 0.6 is 15.9 Å². The van der Waals surface area contributed by atoms with Crippen molar-refractivity contribution in [3.63, 3.8) is 0 Å². The minimum atomic E-state index is -3.04. The van der Waals surface area contributed by atoms with Gasteiger partial charge in [0, 0.05) is 34.9 Å². The molecule has 0 unspecified atom stereocenters. The van der Waals surface area contributed by atoms with Crippen LogP contribution in [0.1, 0.15) is 25.0 Å². The number of alkyl halides is 1. The Balaban J connectivity index is 1.83. The Labute approximate surface area is 205 Å².